The SMILES string of the molecule is C[C@H](CC(N)=O)c1nc2c(C3=CCC(C(F)(F)F)CC3)cccc2cc1C(N)=O. The highest BCUT2D eigenvalue weighted by molar-refractivity contribution is 6.00. The zero-order valence-corrected chi connectivity index (χ0v) is 15.9. The van der Waals surface area contributed by atoms with Gasteiger partial charge < -0.3 is 11.5 Å². The molecule has 2 amide bonds. The summed E-state index contributed by atoms with van der Waals surface area (Å²) < 4.78 is 38.9. The van der Waals surface area contributed by atoms with Crippen LogP contribution in [0.4, 0.5) is 13.2 Å². The normalized spacial score (nSPS) is 18.3. The highest BCUT2D eigenvalue weighted by Crippen LogP contribution is 2.40. The molecule has 1 heterocycles. The second-order valence-electron chi connectivity index (χ2n) is 7.48. The first-order chi connectivity index (χ1) is 13.6. The number of allylic oxidation sites excluding steroid dienone is 2. The van der Waals surface area contributed by atoms with Gasteiger partial charge in [-0.1, -0.05) is 31.2 Å². The zero-order valence-electron chi connectivity index (χ0n) is 15.9. The molecule has 1 aromatic carbocycles. The number of aromatic nitrogens is 1. The molecule has 3 rings (SSSR count). The maximum atomic E-state index is 13.0. The molecule has 29 heavy (non-hydrogen) atoms. The van der Waals surface area contributed by atoms with E-state index < -0.39 is 29.8 Å². The minimum Gasteiger partial charge on any atom is -0.370 e. The Labute approximate surface area is 166 Å². The van der Waals surface area contributed by atoms with E-state index in [1.807, 2.05) is 6.07 Å². The Bertz CT molecular complexity index is 999. The number of primary amides is 2. The third-order valence-corrected chi connectivity index (χ3v) is 5.33. The monoisotopic (exact) mass is 405 g/mol. The summed E-state index contributed by atoms with van der Waals surface area (Å²) in [6.07, 6.45) is -2.35. The van der Waals surface area contributed by atoms with Crippen molar-refractivity contribution in [3.63, 3.8) is 0 Å². The molecule has 0 spiro atoms. The van der Waals surface area contributed by atoms with Gasteiger partial charge in [0.05, 0.1) is 22.7 Å². The standard InChI is InChI=1S/C21H22F3N3O2/c1-11(9-17(25)28)18-16(20(26)29)10-13-3-2-4-15(19(13)27-18)12-5-7-14(8-6-12)21(22,23)24/h2-5,10-11,14H,6-9H2,1H3,(H2,25,28)(H2,26,29)/t11-,14?/m1/s1. The topological polar surface area (TPSA) is 99.1 Å². The maximum absolute atomic E-state index is 13.0. The number of benzene rings is 1. The summed E-state index contributed by atoms with van der Waals surface area (Å²) in [5.74, 6) is -2.96. The molecule has 2 atom stereocenters. The maximum Gasteiger partial charge on any atom is 0.392 e. The fourth-order valence-electron chi connectivity index (χ4n) is 3.82. The molecule has 2 aromatic rings. The van der Waals surface area contributed by atoms with Crippen molar-refractivity contribution in [2.24, 2.45) is 17.4 Å². The Morgan fingerprint density at radius 1 is 1.28 bits per heavy atom. The number of hydrogen-bond acceptors (Lipinski definition) is 3. The lowest BCUT2D eigenvalue weighted by molar-refractivity contribution is -0.175. The number of alkyl halides is 3. The quantitative estimate of drug-likeness (QED) is 0.785. The number of fused-ring (bicyclic) bond motifs is 1. The van der Waals surface area contributed by atoms with Crippen LogP contribution in [-0.4, -0.2) is 23.0 Å². The number of hydrogen-bond donors (Lipinski definition) is 2. The van der Waals surface area contributed by atoms with Crippen LogP contribution in [0, 0.1) is 5.92 Å². The molecule has 0 saturated carbocycles. The summed E-state index contributed by atoms with van der Waals surface area (Å²) in [6.45, 7) is 1.72. The van der Waals surface area contributed by atoms with Gasteiger partial charge in [-0.3, -0.25) is 14.6 Å². The molecule has 1 aromatic heterocycles. The van der Waals surface area contributed by atoms with Gasteiger partial charge in [0.1, 0.15) is 0 Å². The van der Waals surface area contributed by atoms with Crippen LogP contribution in [-0.2, 0) is 4.79 Å². The van der Waals surface area contributed by atoms with Crippen LogP contribution in [0.15, 0.2) is 30.3 Å². The number of para-hydroxylation sites is 1. The van der Waals surface area contributed by atoms with Crippen molar-refractivity contribution in [1.82, 2.24) is 4.98 Å². The molecule has 5 nitrogen and oxygen atoms in total. The molecule has 0 bridgehead atoms. The lowest BCUT2D eigenvalue weighted by Gasteiger charge is -2.25. The fourth-order valence-corrected chi connectivity index (χ4v) is 3.82. The van der Waals surface area contributed by atoms with Crippen LogP contribution >= 0.6 is 0 Å². The van der Waals surface area contributed by atoms with Gasteiger partial charge in [-0.05, 0) is 30.9 Å². The van der Waals surface area contributed by atoms with Crippen LogP contribution in [0.3, 0.4) is 0 Å². The summed E-state index contributed by atoms with van der Waals surface area (Å²) in [4.78, 5) is 27.9. The lowest BCUT2D eigenvalue weighted by atomic mass is 9.85. The largest absolute Gasteiger partial charge is 0.392 e. The van der Waals surface area contributed by atoms with Crippen molar-refractivity contribution < 1.29 is 22.8 Å². The number of rotatable bonds is 5. The molecular weight excluding hydrogens is 383 g/mol. The highest BCUT2D eigenvalue weighted by atomic mass is 19.4. The van der Waals surface area contributed by atoms with Gasteiger partial charge in [-0.15, -0.1) is 0 Å². The van der Waals surface area contributed by atoms with E-state index in [2.05, 4.69) is 4.98 Å². The van der Waals surface area contributed by atoms with Gasteiger partial charge in [-0.25, -0.2) is 0 Å². The molecule has 0 radical (unpaired) electrons. The van der Waals surface area contributed by atoms with Crippen molar-refractivity contribution >= 4 is 28.3 Å². The predicted octanol–water partition coefficient (Wildman–Crippen LogP) is 4.06. The van der Waals surface area contributed by atoms with E-state index in [4.69, 9.17) is 11.5 Å². The van der Waals surface area contributed by atoms with Crippen LogP contribution in [0.1, 0.15) is 60.1 Å². The molecule has 1 aliphatic carbocycles. The zero-order chi connectivity index (χ0) is 21.3. The Kier molecular flexibility index (Phi) is 5.64. The number of amides is 2. The van der Waals surface area contributed by atoms with Crippen molar-refractivity contribution in [2.75, 3.05) is 0 Å². The Hall–Kier alpha value is -2.90. The summed E-state index contributed by atoms with van der Waals surface area (Å²) in [6, 6.07) is 6.96. The summed E-state index contributed by atoms with van der Waals surface area (Å²) in [7, 11) is 0. The van der Waals surface area contributed by atoms with Crippen LogP contribution in [0.25, 0.3) is 16.5 Å². The van der Waals surface area contributed by atoms with E-state index in [0.717, 1.165) is 11.1 Å². The van der Waals surface area contributed by atoms with E-state index >= 15 is 0 Å². The highest BCUT2D eigenvalue weighted by Gasteiger charge is 2.39. The Morgan fingerprint density at radius 3 is 2.55 bits per heavy atom. The van der Waals surface area contributed by atoms with Gasteiger partial charge in [0.15, 0.2) is 0 Å². The van der Waals surface area contributed by atoms with Gasteiger partial charge in [0.25, 0.3) is 5.91 Å². The molecule has 0 aliphatic heterocycles. The minimum atomic E-state index is -4.20. The van der Waals surface area contributed by atoms with Gasteiger partial charge >= 0.3 is 6.18 Å². The summed E-state index contributed by atoms with van der Waals surface area (Å²) in [5, 5.41) is 0.658. The number of nitrogens with zero attached hydrogens (tertiary/aromatic N) is 1. The number of pyridine rings is 1. The van der Waals surface area contributed by atoms with Crippen LogP contribution in [0.2, 0.25) is 0 Å². The second kappa shape index (κ2) is 7.85. The smallest absolute Gasteiger partial charge is 0.370 e. The summed E-state index contributed by atoms with van der Waals surface area (Å²) >= 11 is 0. The van der Waals surface area contributed by atoms with Gasteiger partial charge in [-0.2, -0.15) is 13.2 Å². The van der Waals surface area contributed by atoms with Crippen LogP contribution in [0.5, 0.6) is 0 Å². The molecule has 4 N–H and O–H groups in total. The molecule has 1 aliphatic rings. The average Bonchev–Trinajstić information content (AvgIpc) is 2.65. The van der Waals surface area contributed by atoms with Gasteiger partial charge in [0.2, 0.25) is 5.91 Å². The van der Waals surface area contributed by atoms with E-state index in [0.29, 0.717) is 16.6 Å². The molecule has 1 unspecified atom stereocenters. The third-order valence-electron chi connectivity index (χ3n) is 5.33. The Balaban J connectivity index is 2.09. The van der Waals surface area contributed by atoms with Crippen molar-refractivity contribution in [1.29, 1.82) is 0 Å². The molecule has 8 heteroatoms. The molecule has 0 fully saturated rings. The van der Waals surface area contributed by atoms with Crippen molar-refractivity contribution in [3.05, 3.63) is 47.2 Å². The first-order valence-electron chi connectivity index (χ1n) is 9.35. The molecular formula is C21H22F3N3O2. The first-order valence-corrected chi connectivity index (χ1v) is 9.35. The fraction of sp³-hybridized carbons (Fsp3) is 0.381. The second-order valence-corrected chi connectivity index (χ2v) is 7.48. The number of halogens is 3. The van der Waals surface area contributed by atoms with Crippen molar-refractivity contribution in [2.45, 2.75) is 44.7 Å². The summed E-state index contributed by atoms with van der Waals surface area (Å²) in [5.41, 5.74) is 13.4. The number of nitrogens with two attached hydrogens (primary N) is 2. The predicted molar refractivity (Wildman–Crippen MR) is 104 cm³/mol. The Morgan fingerprint density at radius 2 is 2.00 bits per heavy atom. The van der Waals surface area contributed by atoms with E-state index in [-0.39, 0.29) is 31.2 Å². The van der Waals surface area contributed by atoms with Crippen molar-refractivity contribution in [3.8, 4) is 0 Å². The minimum absolute atomic E-state index is 0.00306. The van der Waals surface area contributed by atoms with Crippen LogP contribution < -0.4 is 11.5 Å². The number of carbonyl (C=O) groups excluding carboxylic acids is 2. The van der Waals surface area contributed by atoms with Gasteiger partial charge in [0, 0.05) is 23.3 Å². The van der Waals surface area contributed by atoms with E-state index in [1.165, 1.54) is 0 Å². The molecule has 154 valence electrons. The average molecular weight is 405 g/mol. The first kappa shape index (κ1) is 20.8. The number of carbonyl (C=O) groups is 2. The lowest BCUT2D eigenvalue weighted by Crippen LogP contribution is -2.24. The third kappa shape index (κ3) is 4.41. The molecule has 0 saturated heterocycles. The van der Waals surface area contributed by atoms with E-state index in [9.17, 15) is 22.8 Å². The van der Waals surface area contributed by atoms with E-state index in [1.54, 1.807) is 31.2 Å².